The zero-order valence-electron chi connectivity index (χ0n) is 13.9. The monoisotopic (exact) mass is 347 g/mol. The molecule has 1 unspecified atom stereocenters. The van der Waals surface area contributed by atoms with Crippen molar-refractivity contribution in [3.8, 4) is 5.75 Å². The van der Waals surface area contributed by atoms with Crippen molar-refractivity contribution in [1.82, 2.24) is 15.3 Å². The molecule has 0 bridgehead atoms. The lowest BCUT2D eigenvalue weighted by Crippen LogP contribution is -2.35. The van der Waals surface area contributed by atoms with Crippen LogP contribution in [0.5, 0.6) is 5.75 Å². The minimum Gasteiger partial charge on any atom is -0.491 e. The lowest BCUT2D eigenvalue weighted by Gasteiger charge is -2.13. The SMILES string of the molecule is Cc1[nH]c(=O)[nH]c(=O)c1CCC(=O)NCC(O)COc1ccccc1. The van der Waals surface area contributed by atoms with Gasteiger partial charge in [0.2, 0.25) is 5.91 Å². The number of aliphatic hydroxyl groups excluding tert-OH is 1. The number of aryl methyl sites for hydroxylation is 1. The summed E-state index contributed by atoms with van der Waals surface area (Å²) in [5.74, 6) is 0.337. The fourth-order valence-electron chi connectivity index (χ4n) is 2.25. The van der Waals surface area contributed by atoms with E-state index in [0.717, 1.165) is 0 Å². The van der Waals surface area contributed by atoms with Crippen molar-refractivity contribution in [3.05, 3.63) is 62.4 Å². The number of aliphatic hydroxyl groups is 1. The van der Waals surface area contributed by atoms with Crippen LogP contribution in [-0.4, -0.2) is 40.2 Å². The molecule has 0 aliphatic heterocycles. The summed E-state index contributed by atoms with van der Waals surface area (Å²) in [5, 5.41) is 12.4. The van der Waals surface area contributed by atoms with Crippen LogP contribution in [0.1, 0.15) is 17.7 Å². The Morgan fingerprint density at radius 1 is 1.24 bits per heavy atom. The topological polar surface area (TPSA) is 124 Å². The second-order valence-corrected chi connectivity index (χ2v) is 5.59. The minimum absolute atomic E-state index is 0.0482. The van der Waals surface area contributed by atoms with Gasteiger partial charge in [-0.1, -0.05) is 18.2 Å². The molecule has 25 heavy (non-hydrogen) atoms. The maximum absolute atomic E-state index is 11.8. The third-order valence-electron chi connectivity index (χ3n) is 3.58. The molecule has 2 rings (SSSR count). The molecule has 4 N–H and O–H groups in total. The largest absolute Gasteiger partial charge is 0.491 e. The van der Waals surface area contributed by atoms with Gasteiger partial charge in [-0.2, -0.15) is 0 Å². The van der Waals surface area contributed by atoms with Crippen molar-refractivity contribution >= 4 is 5.91 Å². The van der Waals surface area contributed by atoms with E-state index in [4.69, 9.17) is 4.74 Å². The first-order valence-electron chi connectivity index (χ1n) is 7.90. The van der Waals surface area contributed by atoms with Crippen LogP contribution in [0.25, 0.3) is 0 Å². The van der Waals surface area contributed by atoms with Gasteiger partial charge in [0.15, 0.2) is 0 Å². The van der Waals surface area contributed by atoms with E-state index in [-0.39, 0.29) is 31.9 Å². The predicted molar refractivity (Wildman–Crippen MR) is 91.7 cm³/mol. The molecule has 1 heterocycles. The van der Waals surface area contributed by atoms with E-state index in [1.54, 1.807) is 19.1 Å². The number of hydrogen-bond acceptors (Lipinski definition) is 5. The summed E-state index contributed by atoms with van der Waals surface area (Å²) >= 11 is 0. The Bertz CT molecular complexity index is 813. The lowest BCUT2D eigenvalue weighted by molar-refractivity contribution is -0.121. The summed E-state index contributed by atoms with van der Waals surface area (Å²) in [6.07, 6.45) is -0.579. The molecule has 0 radical (unpaired) electrons. The van der Waals surface area contributed by atoms with Gasteiger partial charge in [0, 0.05) is 24.2 Å². The van der Waals surface area contributed by atoms with Crippen LogP contribution in [0.2, 0.25) is 0 Å². The van der Waals surface area contributed by atoms with Crippen LogP contribution in [0.15, 0.2) is 39.9 Å². The summed E-state index contributed by atoms with van der Waals surface area (Å²) in [4.78, 5) is 39.3. The zero-order chi connectivity index (χ0) is 18.2. The maximum atomic E-state index is 11.8. The number of aromatic amines is 2. The number of H-pyrrole nitrogens is 2. The third-order valence-corrected chi connectivity index (χ3v) is 3.58. The molecule has 0 saturated carbocycles. The number of carbonyl (C=O) groups is 1. The van der Waals surface area contributed by atoms with Gasteiger partial charge in [0.25, 0.3) is 5.56 Å². The Morgan fingerprint density at radius 3 is 2.64 bits per heavy atom. The molecule has 0 fully saturated rings. The molecule has 8 nitrogen and oxygen atoms in total. The standard InChI is InChI=1S/C17H21N3O5/c1-11-14(16(23)20-17(24)19-11)7-8-15(22)18-9-12(21)10-25-13-5-3-2-4-6-13/h2-6,12,21H,7-10H2,1H3,(H,18,22)(H2,19,20,23,24). The summed E-state index contributed by atoms with van der Waals surface area (Å²) in [6, 6.07) is 9.05. The Morgan fingerprint density at radius 2 is 1.96 bits per heavy atom. The van der Waals surface area contributed by atoms with E-state index >= 15 is 0 Å². The Hall–Kier alpha value is -2.87. The number of para-hydroxylation sites is 1. The predicted octanol–water partition coefficient (Wildman–Crippen LogP) is -0.140. The van der Waals surface area contributed by atoms with Crippen LogP contribution in [-0.2, 0) is 11.2 Å². The van der Waals surface area contributed by atoms with Gasteiger partial charge in [-0.15, -0.1) is 0 Å². The van der Waals surface area contributed by atoms with Crippen molar-refractivity contribution in [2.45, 2.75) is 25.9 Å². The number of carbonyl (C=O) groups excluding carboxylic acids is 1. The van der Waals surface area contributed by atoms with Gasteiger partial charge in [-0.3, -0.25) is 14.6 Å². The maximum Gasteiger partial charge on any atom is 0.325 e. The van der Waals surface area contributed by atoms with Crippen molar-refractivity contribution in [2.24, 2.45) is 0 Å². The van der Waals surface area contributed by atoms with Gasteiger partial charge < -0.3 is 20.1 Å². The van der Waals surface area contributed by atoms with E-state index in [9.17, 15) is 19.5 Å². The van der Waals surface area contributed by atoms with Crippen molar-refractivity contribution in [3.63, 3.8) is 0 Å². The first-order chi connectivity index (χ1) is 12.0. The third kappa shape index (κ3) is 5.92. The average Bonchev–Trinajstić information content (AvgIpc) is 2.58. The quantitative estimate of drug-likeness (QED) is 0.529. The zero-order valence-corrected chi connectivity index (χ0v) is 13.9. The number of rotatable bonds is 8. The number of nitrogens with one attached hydrogen (secondary N) is 3. The second kappa shape index (κ2) is 8.84. The summed E-state index contributed by atoms with van der Waals surface area (Å²) in [5.41, 5.74) is -0.261. The highest BCUT2D eigenvalue weighted by Gasteiger charge is 2.11. The Balaban J connectivity index is 1.73. The van der Waals surface area contributed by atoms with Crippen LogP contribution in [0.3, 0.4) is 0 Å². The van der Waals surface area contributed by atoms with Crippen LogP contribution < -0.4 is 21.3 Å². The smallest absolute Gasteiger partial charge is 0.325 e. The Labute approximate surface area is 143 Å². The van der Waals surface area contributed by atoms with E-state index in [0.29, 0.717) is 17.0 Å². The first kappa shape index (κ1) is 18.5. The fraction of sp³-hybridized carbons (Fsp3) is 0.353. The summed E-state index contributed by atoms with van der Waals surface area (Å²) in [6.45, 7) is 1.71. The van der Waals surface area contributed by atoms with E-state index in [2.05, 4.69) is 15.3 Å². The van der Waals surface area contributed by atoms with Gasteiger partial charge in [0.05, 0.1) is 0 Å². The normalized spacial score (nSPS) is 11.8. The lowest BCUT2D eigenvalue weighted by atomic mass is 10.1. The van der Waals surface area contributed by atoms with E-state index in [1.165, 1.54) is 0 Å². The highest BCUT2D eigenvalue weighted by molar-refractivity contribution is 5.76. The highest BCUT2D eigenvalue weighted by atomic mass is 16.5. The molecule has 1 aromatic carbocycles. The minimum atomic E-state index is -0.845. The summed E-state index contributed by atoms with van der Waals surface area (Å²) < 4.78 is 5.39. The molecule has 0 saturated heterocycles. The number of amides is 1. The van der Waals surface area contributed by atoms with Gasteiger partial charge >= 0.3 is 5.69 Å². The van der Waals surface area contributed by atoms with E-state index in [1.807, 2.05) is 18.2 Å². The number of benzene rings is 1. The fourth-order valence-corrected chi connectivity index (χ4v) is 2.25. The van der Waals surface area contributed by atoms with Gasteiger partial charge in [-0.25, -0.2) is 4.79 Å². The number of hydrogen-bond donors (Lipinski definition) is 4. The van der Waals surface area contributed by atoms with E-state index < -0.39 is 17.4 Å². The number of aromatic nitrogens is 2. The molecule has 0 spiro atoms. The molecule has 0 aliphatic carbocycles. The second-order valence-electron chi connectivity index (χ2n) is 5.59. The van der Waals surface area contributed by atoms with Crippen LogP contribution >= 0.6 is 0 Å². The molecule has 0 aliphatic rings. The average molecular weight is 347 g/mol. The van der Waals surface area contributed by atoms with Crippen molar-refractivity contribution in [2.75, 3.05) is 13.2 Å². The molecular formula is C17H21N3O5. The first-order valence-corrected chi connectivity index (χ1v) is 7.90. The van der Waals surface area contributed by atoms with Crippen LogP contribution in [0.4, 0.5) is 0 Å². The molecule has 134 valence electrons. The molecule has 1 atom stereocenters. The molecule has 2 aromatic rings. The van der Waals surface area contributed by atoms with Crippen molar-refractivity contribution < 1.29 is 14.6 Å². The molecule has 1 amide bonds. The van der Waals surface area contributed by atoms with Crippen LogP contribution in [0, 0.1) is 6.92 Å². The Kier molecular flexibility index (Phi) is 6.53. The van der Waals surface area contributed by atoms with Gasteiger partial charge in [-0.05, 0) is 25.5 Å². The highest BCUT2D eigenvalue weighted by Crippen LogP contribution is 2.08. The van der Waals surface area contributed by atoms with Crippen molar-refractivity contribution in [1.29, 1.82) is 0 Å². The van der Waals surface area contributed by atoms with Gasteiger partial charge in [0.1, 0.15) is 18.5 Å². The summed E-state index contributed by atoms with van der Waals surface area (Å²) in [7, 11) is 0. The number of ether oxygens (including phenoxy) is 1. The molecular weight excluding hydrogens is 326 g/mol. The molecule has 8 heteroatoms. The molecule has 1 aromatic heterocycles.